The second-order valence-electron chi connectivity index (χ2n) is 6.75. The molecule has 4 rings (SSSR count). The van der Waals surface area contributed by atoms with Crippen molar-refractivity contribution in [2.24, 2.45) is 0 Å². The number of halogens is 1. The molecule has 1 aliphatic rings. The average Bonchev–Trinajstić information content (AvgIpc) is 3.07. The van der Waals surface area contributed by atoms with Crippen LogP contribution in [0.15, 0.2) is 78.9 Å². The Labute approximate surface area is 170 Å². The van der Waals surface area contributed by atoms with Gasteiger partial charge in [0, 0.05) is 5.69 Å². The van der Waals surface area contributed by atoms with Crippen molar-refractivity contribution in [2.75, 3.05) is 11.4 Å². The standard InChI is InChI=1S/C23H18FNO3S/c24-19-12-10-18(11-13-19)22-21(17-8-6-16(7-9-17)15-29(27)28)14-25(23(22)26)20-4-2-1-3-5-20/h1-13H,14-15H2,(H,27,28). The number of anilines is 1. The number of para-hydroxylation sites is 1. The maximum atomic E-state index is 13.4. The molecule has 0 aliphatic carbocycles. The number of amides is 1. The quantitative estimate of drug-likeness (QED) is 0.634. The molecule has 6 heteroatoms. The normalized spacial score (nSPS) is 15.1. The van der Waals surface area contributed by atoms with Gasteiger partial charge in [0.2, 0.25) is 0 Å². The van der Waals surface area contributed by atoms with E-state index in [4.69, 9.17) is 4.55 Å². The molecule has 29 heavy (non-hydrogen) atoms. The third-order valence-corrected chi connectivity index (χ3v) is 5.45. The zero-order valence-corrected chi connectivity index (χ0v) is 16.2. The lowest BCUT2D eigenvalue weighted by atomic mass is 9.96. The number of rotatable bonds is 5. The molecule has 0 radical (unpaired) electrons. The van der Waals surface area contributed by atoms with Crippen LogP contribution in [0, 0.1) is 5.82 Å². The molecule has 0 saturated heterocycles. The summed E-state index contributed by atoms with van der Waals surface area (Å²) in [5.41, 5.74) is 4.41. The SMILES string of the molecule is O=C1C(c2ccc(F)cc2)=C(c2ccc(CS(=O)O)cc2)CN1c1ccccc1. The van der Waals surface area contributed by atoms with Crippen LogP contribution in [0.3, 0.4) is 0 Å². The first-order valence-electron chi connectivity index (χ1n) is 9.05. The zero-order chi connectivity index (χ0) is 20.4. The lowest BCUT2D eigenvalue weighted by Gasteiger charge is -2.17. The second kappa shape index (κ2) is 8.11. The van der Waals surface area contributed by atoms with Crippen molar-refractivity contribution in [3.8, 4) is 0 Å². The van der Waals surface area contributed by atoms with Crippen LogP contribution >= 0.6 is 0 Å². The van der Waals surface area contributed by atoms with Crippen LogP contribution in [0.1, 0.15) is 16.7 Å². The molecule has 1 atom stereocenters. The predicted octanol–water partition coefficient (Wildman–Crippen LogP) is 4.51. The van der Waals surface area contributed by atoms with Gasteiger partial charge in [0.05, 0.1) is 17.9 Å². The van der Waals surface area contributed by atoms with Crippen molar-refractivity contribution in [2.45, 2.75) is 5.75 Å². The molecular weight excluding hydrogens is 389 g/mol. The van der Waals surface area contributed by atoms with Gasteiger partial charge >= 0.3 is 0 Å². The smallest absolute Gasteiger partial charge is 0.259 e. The van der Waals surface area contributed by atoms with Crippen molar-refractivity contribution in [1.29, 1.82) is 0 Å². The van der Waals surface area contributed by atoms with Crippen LogP contribution in [0.2, 0.25) is 0 Å². The van der Waals surface area contributed by atoms with E-state index in [-0.39, 0.29) is 17.5 Å². The van der Waals surface area contributed by atoms with Gasteiger partial charge in [-0.15, -0.1) is 0 Å². The van der Waals surface area contributed by atoms with Crippen molar-refractivity contribution < 1.29 is 17.9 Å². The van der Waals surface area contributed by atoms with E-state index < -0.39 is 11.1 Å². The largest absolute Gasteiger partial charge is 0.306 e. The molecule has 1 N–H and O–H groups in total. The van der Waals surface area contributed by atoms with Gasteiger partial charge in [0.1, 0.15) is 5.82 Å². The van der Waals surface area contributed by atoms with Crippen molar-refractivity contribution in [3.05, 3.63) is 101 Å². The van der Waals surface area contributed by atoms with Crippen LogP contribution in [-0.4, -0.2) is 21.2 Å². The highest BCUT2D eigenvalue weighted by molar-refractivity contribution is 7.78. The first-order chi connectivity index (χ1) is 14.0. The summed E-state index contributed by atoms with van der Waals surface area (Å²) in [6.07, 6.45) is 0. The van der Waals surface area contributed by atoms with Gasteiger partial charge in [-0.3, -0.25) is 4.79 Å². The van der Waals surface area contributed by atoms with E-state index in [1.54, 1.807) is 29.2 Å². The number of hydrogen-bond acceptors (Lipinski definition) is 2. The van der Waals surface area contributed by atoms with Gasteiger partial charge in [-0.25, -0.2) is 8.60 Å². The van der Waals surface area contributed by atoms with E-state index in [2.05, 4.69) is 0 Å². The van der Waals surface area contributed by atoms with Gasteiger partial charge in [0.25, 0.3) is 5.91 Å². The summed E-state index contributed by atoms with van der Waals surface area (Å²) < 4.78 is 33.5. The molecule has 3 aromatic carbocycles. The molecule has 0 fully saturated rings. The molecular formula is C23H18FNO3S. The maximum Gasteiger partial charge on any atom is 0.259 e. The summed E-state index contributed by atoms with van der Waals surface area (Å²) >= 11 is -1.91. The second-order valence-corrected chi connectivity index (χ2v) is 7.68. The van der Waals surface area contributed by atoms with Crippen LogP contribution < -0.4 is 4.90 Å². The van der Waals surface area contributed by atoms with Gasteiger partial charge < -0.3 is 9.45 Å². The van der Waals surface area contributed by atoms with Crippen molar-refractivity contribution >= 4 is 33.8 Å². The highest BCUT2D eigenvalue weighted by Gasteiger charge is 2.32. The van der Waals surface area contributed by atoms with Gasteiger partial charge in [-0.2, -0.15) is 0 Å². The molecule has 0 spiro atoms. The fourth-order valence-electron chi connectivity index (χ4n) is 3.48. The first-order valence-corrected chi connectivity index (χ1v) is 10.3. The Bertz CT molecular complexity index is 1090. The summed E-state index contributed by atoms with van der Waals surface area (Å²) in [7, 11) is 0. The van der Waals surface area contributed by atoms with Crippen molar-refractivity contribution in [3.63, 3.8) is 0 Å². The highest BCUT2D eigenvalue weighted by atomic mass is 32.2. The molecule has 1 amide bonds. The molecule has 4 nitrogen and oxygen atoms in total. The fraction of sp³-hybridized carbons (Fsp3) is 0.0870. The predicted molar refractivity (Wildman–Crippen MR) is 113 cm³/mol. The summed E-state index contributed by atoms with van der Waals surface area (Å²) in [4.78, 5) is 15.0. The Morgan fingerprint density at radius 1 is 0.897 bits per heavy atom. The van der Waals surface area contributed by atoms with Gasteiger partial charge in [-0.1, -0.05) is 54.6 Å². The van der Waals surface area contributed by atoms with Crippen LogP contribution in [0.25, 0.3) is 11.1 Å². The minimum absolute atomic E-state index is 0.0548. The topological polar surface area (TPSA) is 57.6 Å². The van der Waals surface area contributed by atoms with E-state index in [9.17, 15) is 13.4 Å². The average molecular weight is 407 g/mol. The Kier molecular flexibility index (Phi) is 5.38. The Balaban J connectivity index is 1.78. The Hall–Kier alpha value is -3.09. The third-order valence-electron chi connectivity index (χ3n) is 4.87. The third kappa shape index (κ3) is 4.04. The van der Waals surface area contributed by atoms with Gasteiger partial charge in [0.15, 0.2) is 11.1 Å². The molecule has 0 saturated carbocycles. The van der Waals surface area contributed by atoms with E-state index in [1.807, 2.05) is 42.5 Å². The number of nitrogens with zero attached hydrogens (tertiary/aromatic N) is 1. The summed E-state index contributed by atoms with van der Waals surface area (Å²) in [5, 5.41) is 0. The minimum Gasteiger partial charge on any atom is -0.306 e. The molecule has 3 aromatic rings. The van der Waals surface area contributed by atoms with Crippen LogP contribution in [-0.2, 0) is 21.6 Å². The number of carbonyl (C=O) groups excluding carboxylic acids is 1. The van der Waals surface area contributed by atoms with E-state index >= 15 is 0 Å². The summed E-state index contributed by atoms with van der Waals surface area (Å²) in [6, 6.07) is 22.6. The summed E-state index contributed by atoms with van der Waals surface area (Å²) in [6.45, 7) is 0.390. The van der Waals surface area contributed by atoms with E-state index in [0.717, 1.165) is 22.4 Å². The van der Waals surface area contributed by atoms with Crippen molar-refractivity contribution in [1.82, 2.24) is 0 Å². The first kappa shape index (κ1) is 19.2. The number of carbonyl (C=O) groups is 1. The lowest BCUT2D eigenvalue weighted by molar-refractivity contribution is -0.112. The monoisotopic (exact) mass is 407 g/mol. The van der Waals surface area contributed by atoms with Crippen LogP contribution in [0.5, 0.6) is 0 Å². The lowest BCUT2D eigenvalue weighted by Crippen LogP contribution is -2.26. The Morgan fingerprint density at radius 3 is 2.14 bits per heavy atom. The molecule has 146 valence electrons. The molecule has 1 unspecified atom stereocenters. The molecule has 1 aliphatic heterocycles. The zero-order valence-electron chi connectivity index (χ0n) is 15.4. The molecule has 1 heterocycles. The molecule has 0 bridgehead atoms. The van der Waals surface area contributed by atoms with E-state index in [0.29, 0.717) is 17.7 Å². The fourth-order valence-corrected chi connectivity index (χ4v) is 3.96. The van der Waals surface area contributed by atoms with Crippen LogP contribution in [0.4, 0.5) is 10.1 Å². The maximum absolute atomic E-state index is 13.4. The number of hydrogen-bond donors (Lipinski definition) is 1. The number of benzene rings is 3. The highest BCUT2D eigenvalue weighted by Crippen LogP contribution is 2.37. The minimum atomic E-state index is -1.91. The Morgan fingerprint density at radius 2 is 1.52 bits per heavy atom. The van der Waals surface area contributed by atoms with E-state index in [1.165, 1.54) is 12.1 Å². The molecule has 0 aromatic heterocycles. The summed E-state index contributed by atoms with van der Waals surface area (Å²) in [5.74, 6) is -0.444. The van der Waals surface area contributed by atoms with Gasteiger partial charge in [-0.05, 0) is 46.5 Å².